The van der Waals surface area contributed by atoms with Gasteiger partial charge in [0.25, 0.3) is 0 Å². The van der Waals surface area contributed by atoms with Crippen LogP contribution in [-0.4, -0.2) is 16.2 Å². The van der Waals surface area contributed by atoms with Crippen molar-refractivity contribution >= 4 is 5.97 Å². The van der Waals surface area contributed by atoms with Crippen molar-refractivity contribution in [3.63, 3.8) is 0 Å². The SMILES string of the molecule is O=C(O)C(O)=CCc1ccco1. The molecule has 0 radical (unpaired) electrons. The maximum Gasteiger partial charge on any atom is 0.370 e. The van der Waals surface area contributed by atoms with Gasteiger partial charge in [0.15, 0.2) is 5.76 Å². The van der Waals surface area contributed by atoms with Crippen molar-refractivity contribution < 1.29 is 19.4 Å². The number of furan rings is 1. The third-order valence-corrected chi connectivity index (χ3v) is 1.30. The largest absolute Gasteiger partial charge is 0.502 e. The summed E-state index contributed by atoms with van der Waals surface area (Å²) in [6.07, 6.45) is 2.95. The van der Waals surface area contributed by atoms with Crippen LogP contribution in [0.4, 0.5) is 0 Å². The van der Waals surface area contributed by atoms with Crippen LogP contribution in [0.25, 0.3) is 0 Å². The number of aliphatic carboxylic acids is 1. The first-order valence-electron chi connectivity index (χ1n) is 3.35. The number of carboxylic acid groups (broad SMARTS) is 1. The Hall–Kier alpha value is -1.71. The molecule has 0 aromatic carbocycles. The predicted octanol–water partition coefficient (Wildman–Crippen LogP) is 1.35. The lowest BCUT2D eigenvalue weighted by atomic mass is 10.3. The summed E-state index contributed by atoms with van der Waals surface area (Å²) in [5.41, 5.74) is 0. The van der Waals surface area contributed by atoms with Gasteiger partial charge >= 0.3 is 5.97 Å². The Balaban J connectivity index is 2.55. The number of allylic oxidation sites excluding steroid dienone is 1. The fraction of sp³-hybridized carbons (Fsp3) is 0.125. The molecule has 0 fully saturated rings. The van der Waals surface area contributed by atoms with Crippen LogP contribution in [0.15, 0.2) is 34.6 Å². The van der Waals surface area contributed by atoms with Crippen LogP contribution >= 0.6 is 0 Å². The topological polar surface area (TPSA) is 70.7 Å². The molecule has 4 nitrogen and oxygen atoms in total. The van der Waals surface area contributed by atoms with Gasteiger partial charge in [-0.15, -0.1) is 0 Å². The van der Waals surface area contributed by atoms with E-state index in [1.807, 2.05) is 0 Å². The summed E-state index contributed by atoms with van der Waals surface area (Å²) in [6, 6.07) is 3.40. The van der Waals surface area contributed by atoms with E-state index in [2.05, 4.69) is 0 Å². The first kappa shape index (κ1) is 8.39. The summed E-state index contributed by atoms with van der Waals surface area (Å²) in [6.45, 7) is 0. The van der Waals surface area contributed by atoms with Crippen molar-refractivity contribution in [3.05, 3.63) is 36.0 Å². The zero-order valence-electron chi connectivity index (χ0n) is 6.23. The molecule has 0 spiro atoms. The quantitative estimate of drug-likeness (QED) is 0.527. The Bertz CT molecular complexity index is 284. The molecule has 0 aliphatic rings. The molecule has 1 aromatic rings. The predicted molar refractivity (Wildman–Crippen MR) is 40.8 cm³/mol. The maximum absolute atomic E-state index is 10.1. The zero-order valence-corrected chi connectivity index (χ0v) is 6.23. The van der Waals surface area contributed by atoms with Gasteiger partial charge in [-0.2, -0.15) is 0 Å². The molecule has 0 aliphatic heterocycles. The molecule has 0 aliphatic carbocycles. The van der Waals surface area contributed by atoms with Gasteiger partial charge in [-0.05, 0) is 18.2 Å². The van der Waals surface area contributed by atoms with Gasteiger partial charge in [-0.25, -0.2) is 4.79 Å². The number of rotatable bonds is 3. The standard InChI is InChI=1S/C8H8O4/c9-7(8(10)11)4-3-6-2-1-5-12-6/h1-2,4-5,9H,3H2,(H,10,11). The van der Waals surface area contributed by atoms with Crippen LogP contribution in [0.2, 0.25) is 0 Å². The van der Waals surface area contributed by atoms with Gasteiger partial charge in [0, 0.05) is 6.42 Å². The average molecular weight is 168 g/mol. The second kappa shape index (κ2) is 3.61. The van der Waals surface area contributed by atoms with Crippen LogP contribution in [0.3, 0.4) is 0 Å². The summed E-state index contributed by atoms with van der Waals surface area (Å²) in [5.74, 6) is -1.38. The van der Waals surface area contributed by atoms with Gasteiger partial charge in [0.2, 0.25) is 0 Å². The molecule has 1 rings (SSSR count). The van der Waals surface area contributed by atoms with E-state index < -0.39 is 11.7 Å². The zero-order chi connectivity index (χ0) is 8.97. The van der Waals surface area contributed by atoms with E-state index >= 15 is 0 Å². The van der Waals surface area contributed by atoms with E-state index in [1.54, 1.807) is 12.1 Å². The van der Waals surface area contributed by atoms with Gasteiger partial charge in [-0.3, -0.25) is 0 Å². The van der Waals surface area contributed by atoms with Gasteiger partial charge in [0.05, 0.1) is 6.26 Å². The molecule has 0 atom stereocenters. The van der Waals surface area contributed by atoms with E-state index in [9.17, 15) is 4.79 Å². The van der Waals surface area contributed by atoms with E-state index in [4.69, 9.17) is 14.6 Å². The molecule has 2 N–H and O–H groups in total. The fourth-order valence-corrected chi connectivity index (χ4v) is 0.713. The molecule has 0 amide bonds. The Morgan fingerprint density at radius 2 is 2.33 bits per heavy atom. The molecular formula is C8H8O4. The first-order valence-corrected chi connectivity index (χ1v) is 3.35. The van der Waals surface area contributed by atoms with E-state index in [-0.39, 0.29) is 6.42 Å². The van der Waals surface area contributed by atoms with Crippen molar-refractivity contribution in [2.75, 3.05) is 0 Å². The molecule has 0 saturated carbocycles. The molecular weight excluding hydrogens is 160 g/mol. The smallest absolute Gasteiger partial charge is 0.370 e. The summed E-state index contributed by atoms with van der Waals surface area (Å²) >= 11 is 0. The minimum absolute atomic E-state index is 0.283. The highest BCUT2D eigenvalue weighted by atomic mass is 16.4. The van der Waals surface area contributed by atoms with E-state index in [0.717, 1.165) is 0 Å². The minimum atomic E-state index is -1.33. The van der Waals surface area contributed by atoms with Crippen molar-refractivity contribution in [2.45, 2.75) is 6.42 Å². The molecule has 0 saturated heterocycles. The Morgan fingerprint density at radius 3 is 2.83 bits per heavy atom. The minimum Gasteiger partial charge on any atom is -0.502 e. The molecule has 1 aromatic heterocycles. The molecule has 64 valence electrons. The second-order valence-electron chi connectivity index (χ2n) is 2.18. The van der Waals surface area contributed by atoms with Crippen molar-refractivity contribution in [1.29, 1.82) is 0 Å². The maximum atomic E-state index is 10.1. The summed E-state index contributed by atoms with van der Waals surface area (Å²) in [7, 11) is 0. The van der Waals surface area contributed by atoms with Gasteiger partial charge in [0.1, 0.15) is 5.76 Å². The number of aliphatic hydroxyl groups is 1. The van der Waals surface area contributed by atoms with Crippen LogP contribution in [0, 0.1) is 0 Å². The second-order valence-corrected chi connectivity index (χ2v) is 2.18. The Labute approximate surface area is 68.7 Å². The number of aliphatic hydroxyl groups excluding tert-OH is 1. The molecule has 12 heavy (non-hydrogen) atoms. The van der Waals surface area contributed by atoms with Gasteiger partial charge < -0.3 is 14.6 Å². The van der Waals surface area contributed by atoms with Crippen LogP contribution in [-0.2, 0) is 11.2 Å². The van der Waals surface area contributed by atoms with Gasteiger partial charge in [-0.1, -0.05) is 0 Å². The number of carboxylic acids is 1. The molecule has 0 bridgehead atoms. The summed E-state index contributed by atoms with van der Waals surface area (Å²) in [4.78, 5) is 10.1. The molecule has 0 unspecified atom stereocenters. The highest BCUT2D eigenvalue weighted by Crippen LogP contribution is 2.02. The third-order valence-electron chi connectivity index (χ3n) is 1.30. The Kier molecular flexibility index (Phi) is 2.53. The monoisotopic (exact) mass is 168 g/mol. The van der Waals surface area contributed by atoms with Crippen LogP contribution in [0.5, 0.6) is 0 Å². The van der Waals surface area contributed by atoms with Crippen molar-refractivity contribution in [1.82, 2.24) is 0 Å². The van der Waals surface area contributed by atoms with Crippen LogP contribution < -0.4 is 0 Å². The van der Waals surface area contributed by atoms with Crippen molar-refractivity contribution in [2.24, 2.45) is 0 Å². The summed E-state index contributed by atoms with van der Waals surface area (Å²) in [5, 5.41) is 17.0. The summed E-state index contributed by atoms with van der Waals surface area (Å²) < 4.78 is 4.92. The third kappa shape index (κ3) is 2.16. The highest BCUT2D eigenvalue weighted by molar-refractivity contribution is 5.83. The van der Waals surface area contributed by atoms with E-state index in [1.165, 1.54) is 12.3 Å². The van der Waals surface area contributed by atoms with Crippen molar-refractivity contribution in [3.8, 4) is 0 Å². The first-order chi connectivity index (χ1) is 5.70. The number of hydrogen-bond acceptors (Lipinski definition) is 3. The lowest BCUT2D eigenvalue weighted by Crippen LogP contribution is -1.99. The average Bonchev–Trinajstić information content (AvgIpc) is 2.51. The normalized spacial score (nSPS) is 11.5. The number of carbonyl (C=O) groups is 1. The Morgan fingerprint density at radius 1 is 1.58 bits per heavy atom. The molecule has 1 heterocycles. The van der Waals surface area contributed by atoms with Crippen LogP contribution in [0.1, 0.15) is 5.76 Å². The lowest BCUT2D eigenvalue weighted by molar-refractivity contribution is -0.135. The highest BCUT2D eigenvalue weighted by Gasteiger charge is 2.02. The fourth-order valence-electron chi connectivity index (χ4n) is 0.713. The number of hydrogen-bond donors (Lipinski definition) is 2. The molecule has 4 heteroatoms. The lowest BCUT2D eigenvalue weighted by Gasteiger charge is -1.90. The van der Waals surface area contributed by atoms with E-state index in [0.29, 0.717) is 5.76 Å².